The number of carbonyl (C=O) groups is 1. The Hall–Kier alpha value is -3.66. The average Bonchev–Trinajstić information content (AvgIpc) is 3.16. The quantitative estimate of drug-likeness (QED) is 0.396. The van der Waals surface area contributed by atoms with Gasteiger partial charge < -0.3 is 5.11 Å². The molecule has 0 fully saturated rings. The van der Waals surface area contributed by atoms with E-state index in [-0.39, 0.29) is 5.56 Å². The van der Waals surface area contributed by atoms with Gasteiger partial charge >= 0.3 is 5.97 Å². The fraction of sp³-hybridized carbons (Fsp3) is 0.185. The van der Waals surface area contributed by atoms with Crippen LogP contribution in [0.15, 0.2) is 72.8 Å². The molecule has 0 unspecified atom stereocenters. The third-order valence-electron chi connectivity index (χ3n) is 5.68. The Morgan fingerprint density at radius 1 is 0.871 bits per heavy atom. The van der Waals surface area contributed by atoms with Crippen LogP contribution < -0.4 is 0 Å². The molecule has 0 aliphatic carbocycles. The Labute approximate surface area is 182 Å². The molecule has 4 nitrogen and oxygen atoms in total. The van der Waals surface area contributed by atoms with Crippen molar-refractivity contribution in [3.8, 4) is 28.1 Å². The normalized spacial score (nSPS) is 10.9. The zero-order valence-electron chi connectivity index (χ0n) is 18.1. The minimum Gasteiger partial charge on any atom is -0.478 e. The van der Waals surface area contributed by atoms with Gasteiger partial charge in [-0.1, -0.05) is 74.0 Å². The van der Waals surface area contributed by atoms with Gasteiger partial charge in [0.05, 0.1) is 11.4 Å². The molecule has 0 saturated carbocycles. The Balaban J connectivity index is 1.85. The smallest absolute Gasteiger partial charge is 0.339 e. The van der Waals surface area contributed by atoms with Gasteiger partial charge in [-0.25, -0.2) is 9.48 Å². The Bertz CT molecular complexity index is 1220. The van der Waals surface area contributed by atoms with E-state index in [1.807, 2.05) is 48.5 Å². The molecule has 0 spiro atoms. The summed E-state index contributed by atoms with van der Waals surface area (Å²) < 4.78 is 1.81. The maximum absolute atomic E-state index is 12.3. The number of nitrogens with zero attached hydrogens (tertiary/aromatic N) is 2. The number of hydrogen-bond acceptors (Lipinski definition) is 2. The zero-order chi connectivity index (χ0) is 22.0. The summed E-state index contributed by atoms with van der Waals surface area (Å²) in [6.45, 7) is 6.18. The second kappa shape index (κ2) is 8.60. The van der Waals surface area contributed by atoms with Gasteiger partial charge in [-0.2, -0.15) is 5.10 Å². The minimum absolute atomic E-state index is 0.285. The van der Waals surface area contributed by atoms with E-state index in [1.54, 1.807) is 4.68 Å². The summed E-state index contributed by atoms with van der Waals surface area (Å²) in [5.41, 5.74) is 7.78. The van der Waals surface area contributed by atoms with Crippen LogP contribution in [0.1, 0.15) is 40.5 Å². The van der Waals surface area contributed by atoms with Crippen LogP contribution >= 0.6 is 0 Å². The van der Waals surface area contributed by atoms with Crippen molar-refractivity contribution in [1.29, 1.82) is 0 Å². The van der Waals surface area contributed by atoms with E-state index in [4.69, 9.17) is 5.10 Å². The van der Waals surface area contributed by atoms with Crippen LogP contribution in [0.2, 0.25) is 0 Å². The van der Waals surface area contributed by atoms with Crippen LogP contribution in [0, 0.1) is 13.8 Å². The molecular weight excluding hydrogens is 384 g/mol. The van der Waals surface area contributed by atoms with Crippen LogP contribution in [0.25, 0.3) is 28.1 Å². The van der Waals surface area contributed by atoms with Crippen molar-refractivity contribution in [2.45, 2.75) is 33.6 Å². The van der Waals surface area contributed by atoms with Crippen molar-refractivity contribution in [3.63, 3.8) is 0 Å². The summed E-state index contributed by atoms with van der Waals surface area (Å²) in [5, 5.41) is 14.9. The predicted octanol–water partition coefficient (Wildman–Crippen LogP) is 6.47. The highest BCUT2D eigenvalue weighted by molar-refractivity contribution is 5.96. The highest BCUT2D eigenvalue weighted by Crippen LogP contribution is 2.31. The first-order valence-corrected chi connectivity index (χ1v) is 10.6. The van der Waals surface area contributed by atoms with Gasteiger partial charge in [-0.05, 0) is 54.7 Å². The summed E-state index contributed by atoms with van der Waals surface area (Å²) in [6.07, 6.45) is 1.48. The molecule has 0 aliphatic rings. The standard InChI is InChI=1S/C27H26N2O2/c1-4-8-24-25(27(30)31)26(28-29(24)23-16-11-18(2)19(3)17-23)22-14-12-21(13-15-22)20-9-6-5-7-10-20/h5-7,9-17H,4,8H2,1-3H3,(H,30,31). The summed E-state index contributed by atoms with van der Waals surface area (Å²) in [4.78, 5) is 12.3. The molecule has 0 atom stereocenters. The summed E-state index contributed by atoms with van der Waals surface area (Å²) in [7, 11) is 0. The third kappa shape index (κ3) is 4.02. The minimum atomic E-state index is -0.944. The number of aromatic nitrogens is 2. The zero-order valence-corrected chi connectivity index (χ0v) is 18.1. The maximum Gasteiger partial charge on any atom is 0.339 e. The van der Waals surface area contributed by atoms with Crippen molar-refractivity contribution in [3.05, 3.63) is 95.2 Å². The van der Waals surface area contributed by atoms with Gasteiger partial charge in [0.1, 0.15) is 11.3 Å². The average molecular weight is 411 g/mol. The lowest BCUT2D eigenvalue weighted by Crippen LogP contribution is -2.07. The van der Waals surface area contributed by atoms with E-state index >= 15 is 0 Å². The molecule has 4 aromatic rings. The molecule has 0 radical (unpaired) electrons. The third-order valence-corrected chi connectivity index (χ3v) is 5.68. The molecule has 31 heavy (non-hydrogen) atoms. The molecule has 0 saturated heterocycles. The Morgan fingerprint density at radius 2 is 1.52 bits per heavy atom. The molecule has 1 N–H and O–H groups in total. The number of benzene rings is 3. The lowest BCUT2D eigenvalue weighted by Gasteiger charge is -2.09. The number of aryl methyl sites for hydroxylation is 2. The fourth-order valence-electron chi connectivity index (χ4n) is 3.87. The topological polar surface area (TPSA) is 55.1 Å². The molecule has 156 valence electrons. The maximum atomic E-state index is 12.3. The second-order valence-corrected chi connectivity index (χ2v) is 7.85. The van der Waals surface area contributed by atoms with Crippen LogP contribution in [0.5, 0.6) is 0 Å². The van der Waals surface area contributed by atoms with E-state index in [2.05, 4.69) is 45.0 Å². The van der Waals surface area contributed by atoms with Gasteiger partial charge in [-0.3, -0.25) is 0 Å². The predicted molar refractivity (Wildman–Crippen MR) is 125 cm³/mol. The van der Waals surface area contributed by atoms with Gasteiger partial charge in [0.2, 0.25) is 0 Å². The molecule has 4 rings (SSSR count). The highest BCUT2D eigenvalue weighted by atomic mass is 16.4. The van der Waals surface area contributed by atoms with E-state index in [9.17, 15) is 9.90 Å². The first kappa shape index (κ1) is 20.6. The van der Waals surface area contributed by atoms with Gasteiger partial charge in [0.15, 0.2) is 0 Å². The number of carboxylic acid groups (broad SMARTS) is 1. The molecule has 4 heteroatoms. The SMILES string of the molecule is CCCc1c(C(=O)O)c(-c2ccc(-c3ccccc3)cc2)nn1-c1ccc(C)c(C)c1. The van der Waals surface area contributed by atoms with Crippen molar-refractivity contribution >= 4 is 5.97 Å². The van der Waals surface area contributed by atoms with Gasteiger partial charge in [-0.15, -0.1) is 0 Å². The van der Waals surface area contributed by atoms with E-state index in [0.29, 0.717) is 12.1 Å². The Morgan fingerprint density at radius 3 is 2.13 bits per heavy atom. The van der Waals surface area contributed by atoms with Gasteiger partial charge in [0.25, 0.3) is 0 Å². The Kier molecular flexibility index (Phi) is 5.72. The number of carboxylic acids is 1. The highest BCUT2D eigenvalue weighted by Gasteiger charge is 2.24. The molecule has 1 aromatic heterocycles. The van der Waals surface area contributed by atoms with Crippen LogP contribution in [0.3, 0.4) is 0 Å². The number of rotatable bonds is 6. The molecule has 1 heterocycles. The van der Waals surface area contributed by atoms with Crippen LogP contribution in [0.4, 0.5) is 0 Å². The largest absolute Gasteiger partial charge is 0.478 e. The first-order valence-electron chi connectivity index (χ1n) is 10.6. The molecule has 3 aromatic carbocycles. The van der Waals surface area contributed by atoms with Crippen LogP contribution in [-0.4, -0.2) is 20.9 Å². The van der Waals surface area contributed by atoms with Crippen molar-refractivity contribution < 1.29 is 9.90 Å². The summed E-state index contributed by atoms with van der Waals surface area (Å²) in [5.74, 6) is -0.944. The van der Waals surface area contributed by atoms with Crippen molar-refractivity contribution in [2.75, 3.05) is 0 Å². The van der Waals surface area contributed by atoms with E-state index in [1.165, 1.54) is 5.56 Å². The van der Waals surface area contributed by atoms with E-state index in [0.717, 1.165) is 40.1 Å². The number of hydrogen-bond donors (Lipinski definition) is 1. The second-order valence-electron chi connectivity index (χ2n) is 7.85. The first-order chi connectivity index (χ1) is 15.0. The van der Waals surface area contributed by atoms with Gasteiger partial charge in [0, 0.05) is 5.56 Å². The lowest BCUT2D eigenvalue weighted by atomic mass is 10.00. The molecule has 0 bridgehead atoms. The fourth-order valence-corrected chi connectivity index (χ4v) is 3.87. The van der Waals surface area contributed by atoms with Crippen molar-refractivity contribution in [2.24, 2.45) is 0 Å². The lowest BCUT2D eigenvalue weighted by molar-refractivity contribution is 0.0696. The number of aromatic carboxylic acids is 1. The van der Waals surface area contributed by atoms with E-state index < -0.39 is 5.97 Å². The molecule has 0 amide bonds. The van der Waals surface area contributed by atoms with Crippen LogP contribution in [-0.2, 0) is 6.42 Å². The monoisotopic (exact) mass is 410 g/mol. The van der Waals surface area contributed by atoms with Crippen molar-refractivity contribution in [1.82, 2.24) is 9.78 Å². The molecular formula is C27H26N2O2. The summed E-state index contributed by atoms with van der Waals surface area (Å²) in [6, 6.07) is 24.2. The molecule has 0 aliphatic heterocycles. The summed E-state index contributed by atoms with van der Waals surface area (Å²) >= 11 is 0.